The molecule has 16 rings (SSSR count). The topological polar surface area (TPSA) is 308 Å². The van der Waals surface area contributed by atoms with Gasteiger partial charge in [-0.3, -0.25) is 52.7 Å². The summed E-state index contributed by atoms with van der Waals surface area (Å²) in [5.74, 6) is 10.3. The Morgan fingerprint density at radius 2 is 0.722 bits per heavy atom. The van der Waals surface area contributed by atoms with Gasteiger partial charge in [-0.05, 0) is 269 Å². The lowest BCUT2D eigenvalue weighted by molar-refractivity contribution is -0.177. The van der Waals surface area contributed by atoms with Crippen LogP contribution in [-0.2, 0) is 114 Å². The Kier molecular flexibility index (Phi) is 66.0. The Morgan fingerprint density at radius 1 is 0.354 bits per heavy atom. The summed E-state index contributed by atoms with van der Waals surface area (Å²) in [6.07, 6.45) is 35.1. The molecular weight excluding hydrogens is 1830 g/mol. The van der Waals surface area contributed by atoms with Crippen molar-refractivity contribution >= 4 is 65.7 Å². The number of fused-ring (bicyclic) bond motifs is 13. The number of hydrogen-bond acceptors (Lipinski definition) is 24. The maximum atomic E-state index is 13.1. The molecule has 10 bridgehead atoms. The highest BCUT2D eigenvalue weighted by atomic mass is 16.6. The number of rotatable bonds is 26. The monoisotopic (exact) mass is 2050 g/mol. The predicted octanol–water partition coefficient (Wildman–Crippen LogP) is 28.9. The lowest BCUT2D eigenvalue weighted by atomic mass is 9.70. The second-order valence-electron chi connectivity index (χ2n) is 44.0. The van der Waals surface area contributed by atoms with Crippen molar-refractivity contribution in [2.45, 2.75) is 503 Å². The molecule has 24 heteroatoms. The lowest BCUT2D eigenvalue weighted by Gasteiger charge is -2.41. The molecule has 33 atom stereocenters. The highest BCUT2D eigenvalue weighted by Gasteiger charge is 2.64. The number of cyclic esters (lactones) is 2. The smallest absolute Gasteiger partial charge is 0.317 e. The summed E-state index contributed by atoms with van der Waals surface area (Å²) >= 11 is 0. The normalized spacial score (nSPS) is 35.5. The zero-order chi connectivity index (χ0) is 95.3. The maximum absolute atomic E-state index is 13.1. The van der Waals surface area contributed by atoms with E-state index >= 15 is 0 Å². The summed E-state index contributed by atoms with van der Waals surface area (Å²) in [5.41, 5.74) is -0.630. The Bertz CT molecular complexity index is 3530. The van der Waals surface area contributed by atoms with E-state index in [0.717, 1.165) is 124 Å². The minimum absolute atomic E-state index is 0. The molecular formula is C120H228O24. The van der Waals surface area contributed by atoms with Crippen molar-refractivity contribution in [3.05, 3.63) is 0 Å². The van der Waals surface area contributed by atoms with Crippen LogP contribution >= 0.6 is 0 Å². The molecule has 0 aromatic carbocycles. The molecule has 0 N–H and O–H groups in total. The number of carbonyl (C=O) groups is 11. The van der Waals surface area contributed by atoms with Gasteiger partial charge in [-0.25, -0.2) is 0 Å². The fourth-order valence-corrected chi connectivity index (χ4v) is 27.8. The van der Waals surface area contributed by atoms with Gasteiger partial charge in [-0.2, -0.15) is 0 Å². The van der Waals surface area contributed by atoms with Gasteiger partial charge in [0, 0.05) is 77.0 Å². The van der Waals surface area contributed by atoms with Gasteiger partial charge in [0.05, 0.1) is 105 Å². The summed E-state index contributed by atoms with van der Waals surface area (Å²) < 4.78 is 71.7. The zero-order valence-corrected chi connectivity index (χ0v) is 84.1. The molecule has 10 aliphatic carbocycles. The van der Waals surface area contributed by atoms with Crippen molar-refractivity contribution in [2.24, 2.45) is 165 Å². The third-order valence-corrected chi connectivity index (χ3v) is 36.6. The first kappa shape index (κ1) is 147. The van der Waals surface area contributed by atoms with E-state index in [1.165, 1.54) is 151 Å². The average Bonchev–Trinajstić information content (AvgIpc) is 1.56. The fourth-order valence-electron chi connectivity index (χ4n) is 27.8. The van der Waals surface area contributed by atoms with E-state index in [1.54, 1.807) is 13.8 Å². The maximum Gasteiger partial charge on any atom is 0.317 e. The van der Waals surface area contributed by atoms with Crippen LogP contribution in [-0.4, -0.2) is 159 Å². The van der Waals surface area contributed by atoms with Crippen LogP contribution in [0.25, 0.3) is 0 Å². The Morgan fingerprint density at radius 3 is 1.05 bits per heavy atom. The molecule has 6 aliphatic heterocycles. The molecule has 0 spiro atoms. The number of ether oxygens (including phenoxy) is 13. The number of hydrogen-bond donors (Lipinski definition) is 0. The number of esters is 11. The van der Waals surface area contributed by atoms with Gasteiger partial charge in [-0.15, -0.1) is 0 Å². The van der Waals surface area contributed by atoms with Crippen LogP contribution in [0.2, 0.25) is 0 Å². The van der Waals surface area contributed by atoms with Crippen LogP contribution < -0.4 is 0 Å². The Balaban J connectivity index is -0.000000519. The molecule has 10 saturated carbocycles. The van der Waals surface area contributed by atoms with Crippen LogP contribution in [0.5, 0.6) is 0 Å². The first-order valence-corrected chi connectivity index (χ1v) is 51.8. The van der Waals surface area contributed by atoms with E-state index in [0.29, 0.717) is 92.9 Å². The predicted molar refractivity (Wildman–Crippen MR) is 585 cm³/mol. The zero-order valence-electron chi connectivity index (χ0n) is 84.1. The highest BCUT2D eigenvalue weighted by molar-refractivity contribution is 5.96. The molecule has 852 valence electrons. The van der Waals surface area contributed by atoms with E-state index in [1.807, 2.05) is 27.7 Å². The highest BCUT2D eigenvalue weighted by Crippen LogP contribution is 2.67. The van der Waals surface area contributed by atoms with Gasteiger partial charge in [0.2, 0.25) is 0 Å². The van der Waals surface area contributed by atoms with Crippen LogP contribution in [0, 0.1) is 165 Å². The van der Waals surface area contributed by atoms with Crippen molar-refractivity contribution in [3.8, 4) is 0 Å². The van der Waals surface area contributed by atoms with Crippen molar-refractivity contribution in [2.75, 3.05) is 39.6 Å². The van der Waals surface area contributed by atoms with Crippen LogP contribution in [0.1, 0.15) is 449 Å². The van der Waals surface area contributed by atoms with Gasteiger partial charge in [0.15, 0.2) is 0 Å². The van der Waals surface area contributed by atoms with Crippen molar-refractivity contribution in [3.63, 3.8) is 0 Å². The molecule has 24 nitrogen and oxygen atoms in total. The minimum atomic E-state index is -0.396. The average molecular weight is 2060 g/mol. The Labute approximate surface area is 882 Å². The minimum Gasteiger partial charge on any atom is -0.465 e. The van der Waals surface area contributed by atoms with Gasteiger partial charge >= 0.3 is 65.7 Å². The lowest BCUT2D eigenvalue weighted by Crippen LogP contribution is -2.44. The van der Waals surface area contributed by atoms with Crippen molar-refractivity contribution in [1.82, 2.24) is 0 Å². The second kappa shape index (κ2) is 64.8. The van der Waals surface area contributed by atoms with E-state index in [2.05, 4.69) is 80.9 Å². The molecule has 144 heavy (non-hydrogen) atoms. The molecule has 16 fully saturated rings. The summed E-state index contributed by atoms with van der Waals surface area (Å²) in [4.78, 5) is 125. The molecule has 0 radical (unpaired) electrons. The van der Waals surface area contributed by atoms with Crippen molar-refractivity contribution in [1.29, 1.82) is 0 Å². The third kappa shape index (κ3) is 34.1. The quantitative estimate of drug-likeness (QED) is 0.0441. The molecule has 6 saturated heterocycles. The van der Waals surface area contributed by atoms with Gasteiger partial charge in [0.25, 0.3) is 0 Å². The third-order valence-electron chi connectivity index (χ3n) is 36.6. The van der Waals surface area contributed by atoms with Crippen molar-refractivity contribution < 1.29 is 114 Å². The van der Waals surface area contributed by atoms with E-state index in [9.17, 15) is 52.7 Å². The van der Waals surface area contributed by atoms with Crippen LogP contribution in [0.15, 0.2) is 0 Å². The van der Waals surface area contributed by atoms with Crippen LogP contribution in [0.3, 0.4) is 0 Å². The summed E-state index contributed by atoms with van der Waals surface area (Å²) in [6, 6.07) is 0. The summed E-state index contributed by atoms with van der Waals surface area (Å²) in [6.45, 7) is 46.5. The Hall–Kier alpha value is -5.75. The van der Waals surface area contributed by atoms with E-state index in [4.69, 9.17) is 56.8 Å². The van der Waals surface area contributed by atoms with E-state index < -0.39 is 11.9 Å². The van der Waals surface area contributed by atoms with Gasteiger partial charge in [0.1, 0.15) is 16.8 Å². The summed E-state index contributed by atoms with van der Waals surface area (Å²) in [5, 5.41) is 0. The molecule has 33 unspecified atom stereocenters. The standard InChI is InChI=1S/C22H36O2.C21H34O2.C15H26O2.2C14H22O5.C14H24O5.C6H8O3.14CH4/c1-4-14-11-15(5-2)20-17-12-16(19(14)20)13-18(17)21(23)24-22(6-3)9-7-8-10-22;1-14-15(2)18-12-16(14)13-19(18)20(22)23-21(10-6-7-11-21)17-8-4-3-5-9-17;1-5-14(3,4)13(16)17-15(6-2)10-11-7-8-12(15)9-11;2*1-7-8(2)14-12(6-18-10(4)16)11(13(7)19-14)5-17-9(3)15;1-5-13-11(7-17-9(3)15)12(8-18-10(4)16)14(6-2)19-13;1-3-4(2)6(8)9-5(3)7;;;;;;;;;;;;;;/h14-20H,4-13H2,1-3H3;14-19H,3-13H2,1-2H3;11-12H,5-10H2,1-4H3;2*7-8,11-14H,5-6H2,1-4H3;11-14H,5-8H2,1-4H3;3-4H,1-2H3;14*1H4. The van der Waals surface area contributed by atoms with Crippen LogP contribution in [0.4, 0.5) is 0 Å². The first-order chi connectivity index (χ1) is 61.6. The fraction of sp³-hybridized carbons (Fsp3) is 0.908. The number of carbonyl (C=O) groups excluding carboxylic acids is 11. The van der Waals surface area contributed by atoms with E-state index in [-0.39, 0.29) is 276 Å². The SMILES string of the molecule is C.C.C.C.C.C.C.C.C.C.C.C.C.C.CC(=O)OCC1C(COC(C)=O)C2OC1C(C)C2C.CC(=O)OCC1C(COC(C)=O)C2OC1C(C)C2C.CC1C(=O)OC(=O)C1C.CC1C2CC(C(=O)OC3(C4CCCCC4)CCCC3)C(C2)C1C.CCC(C)(C)C(=O)OC1(CC)CC2CCC1C2.CCC1CC(CC)C2C3CC(CC3C(=O)OC3(CC)CCCC3)C12.CCC1OC(CC)C(COC(C)=O)C1COC(C)=O. The first-order valence-electron chi connectivity index (χ1n) is 51.8. The molecule has 0 aromatic rings. The molecule has 0 amide bonds. The molecule has 6 heterocycles. The summed E-state index contributed by atoms with van der Waals surface area (Å²) in [7, 11) is 0. The largest absolute Gasteiger partial charge is 0.465 e. The molecule has 0 aromatic heterocycles. The second-order valence-corrected chi connectivity index (χ2v) is 44.0. The van der Waals surface area contributed by atoms with Gasteiger partial charge < -0.3 is 61.6 Å². The molecule has 16 aliphatic rings. The van der Waals surface area contributed by atoms with Gasteiger partial charge in [-0.1, -0.05) is 240 Å².